The van der Waals surface area contributed by atoms with Crippen LogP contribution in [0.3, 0.4) is 0 Å². The number of hydrogen-bond donors (Lipinski definition) is 1. The van der Waals surface area contributed by atoms with E-state index < -0.39 is 0 Å². The predicted molar refractivity (Wildman–Crippen MR) is 78.3 cm³/mol. The summed E-state index contributed by atoms with van der Waals surface area (Å²) in [5, 5.41) is 2.75. The molecule has 0 aliphatic heterocycles. The number of fused-ring (bicyclic) bond motifs is 1. The molecular weight excluding hydrogens is 322 g/mol. The van der Waals surface area contributed by atoms with Gasteiger partial charge in [0.2, 0.25) is 5.91 Å². The van der Waals surface area contributed by atoms with Crippen LogP contribution in [0, 0.1) is 0 Å². The van der Waals surface area contributed by atoms with Crippen LogP contribution in [-0.2, 0) is 11.2 Å². The van der Waals surface area contributed by atoms with Crippen molar-refractivity contribution in [2.75, 3.05) is 5.32 Å². The average Bonchev–Trinajstić information content (AvgIpc) is 2.86. The number of amides is 1. The Morgan fingerprint density at radius 1 is 1.25 bits per heavy atom. The maximum atomic E-state index is 12.0. The molecule has 0 saturated heterocycles. The summed E-state index contributed by atoms with van der Waals surface area (Å²) in [7, 11) is 0. The van der Waals surface area contributed by atoms with E-state index in [1.807, 2.05) is 18.2 Å². The summed E-state index contributed by atoms with van der Waals surface area (Å²) >= 11 is 3.33. The highest BCUT2D eigenvalue weighted by Crippen LogP contribution is 2.16. The van der Waals surface area contributed by atoms with Crippen LogP contribution in [-0.4, -0.2) is 15.9 Å². The molecule has 1 aromatic carbocycles. The van der Waals surface area contributed by atoms with Gasteiger partial charge in [-0.25, -0.2) is 9.97 Å². The first-order chi connectivity index (χ1) is 9.70. The van der Waals surface area contributed by atoms with Gasteiger partial charge in [-0.1, -0.05) is 22.0 Å². The van der Waals surface area contributed by atoms with Gasteiger partial charge in [-0.3, -0.25) is 4.79 Å². The molecule has 0 radical (unpaired) electrons. The Hall–Kier alpha value is -2.21. The summed E-state index contributed by atoms with van der Waals surface area (Å²) in [6.07, 6.45) is 3.27. The van der Waals surface area contributed by atoms with Crippen molar-refractivity contribution in [1.29, 1.82) is 0 Å². The lowest BCUT2D eigenvalue weighted by molar-refractivity contribution is -0.115. The van der Waals surface area contributed by atoms with E-state index in [2.05, 4.69) is 31.2 Å². The van der Waals surface area contributed by atoms with Crippen molar-refractivity contribution in [2.24, 2.45) is 0 Å². The van der Waals surface area contributed by atoms with E-state index in [0.717, 1.165) is 15.6 Å². The third-order valence-electron chi connectivity index (χ3n) is 2.75. The van der Waals surface area contributed by atoms with Crippen LogP contribution in [0.4, 0.5) is 5.82 Å². The summed E-state index contributed by atoms with van der Waals surface area (Å²) in [5.74, 6) is 0.389. The molecule has 0 unspecified atom stereocenters. The Morgan fingerprint density at radius 2 is 2.15 bits per heavy atom. The van der Waals surface area contributed by atoms with Gasteiger partial charge in [-0.05, 0) is 29.8 Å². The molecule has 1 amide bonds. The SMILES string of the molecule is O=C(Cc1ccc2ncoc2c1)Nc1cc(Br)ccn1. The first-order valence-electron chi connectivity index (χ1n) is 5.94. The van der Waals surface area contributed by atoms with Crippen LogP contribution in [0.5, 0.6) is 0 Å². The molecule has 5 nitrogen and oxygen atoms in total. The molecule has 0 aliphatic rings. The standard InChI is InChI=1S/C14H10BrN3O2/c15-10-3-4-16-13(7-10)18-14(19)6-9-1-2-11-12(5-9)20-8-17-11/h1-5,7-8H,6H2,(H,16,18,19). The van der Waals surface area contributed by atoms with Gasteiger partial charge in [0.05, 0.1) is 6.42 Å². The quantitative estimate of drug-likeness (QED) is 0.800. The molecule has 3 aromatic rings. The van der Waals surface area contributed by atoms with Gasteiger partial charge < -0.3 is 9.73 Å². The molecule has 0 saturated carbocycles. The van der Waals surface area contributed by atoms with Gasteiger partial charge >= 0.3 is 0 Å². The largest absolute Gasteiger partial charge is 0.443 e. The van der Waals surface area contributed by atoms with Gasteiger partial charge in [-0.15, -0.1) is 0 Å². The van der Waals surface area contributed by atoms with E-state index in [4.69, 9.17) is 4.42 Å². The van der Waals surface area contributed by atoms with Gasteiger partial charge in [0, 0.05) is 10.7 Å². The van der Waals surface area contributed by atoms with Crippen molar-refractivity contribution < 1.29 is 9.21 Å². The van der Waals surface area contributed by atoms with Crippen LogP contribution in [0.1, 0.15) is 5.56 Å². The number of rotatable bonds is 3. The fourth-order valence-corrected chi connectivity index (χ4v) is 2.19. The molecule has 6 heteroatoms. The molecule has 2 heterocycles. The number of nitrogens with zero attached hydrogens (tertiary/aromatic N) is 2. The lowest BCUT2D eigenvalue weighted by Crippen LogP contribution is -2.15. The van der Waals surface area contributed by atoms with Crippen molar-refractivity contribution in [2.45, 2.75) is 6.42 Å². The van der Waals surface area contributed by atoms with E-state index in [1.54, 1.807) is 18.3 Å². The fourth-order valence-electron chi connectivity index (χ4n) is 1.86. The minimum atomic E-state index is -0.130. The molecular formula is C14H10BrN3O2. The minimum absolute atomic E-state index is 0.130. The summed E-state index contributed by atoms with van der Waals surface area (Å²) in [6.45, 7) is 0. The fraction of sp³-hybridized carbons (Fsp3) is 0.0714. The third kappa shape index (κ3) is 2.85. The molecule has 0 atom stereocenters. The number of benzene rings is 1. The summed E-state index contributed by atoms with van der Waals surface area (Å²) in [4.78, 5) is 20.1. The minimum Gasteiger partial charge on any atom is -0.443 e. The smallest absolute Gasteiger partial charge is 0.229 e. The molecule has 20 heavy (non-hydrogen) atoms. The van der Waals surface area contributed by atoms with Crippen molar-refractivity contribution in [3.63, 3.8) is 0 Å². The lowest BCUT2D eigenvalue weighted by atomic mass is 10.1. The van der Waals surface area contributed by atoms with Gasteiger partial charge in [0.25, 0.3) is 0 Å². The summed E-state index contributed by atoms with van der Waals surface area (Å²) in [6, 6.07) is 9.05. The van der Waals surface area contributed by atoms with Crippen LogP contribution < -0.4 is 5.32 Å². The Labute approximate surface area is 123 Å². The number of halogens is 1. The zero-order chi connectivity index (χ0) is 13.9. The average molecular weight is 332 g/mol. The number of oxazole rings is 1. The highest BCUT2D eigenvalue weighted by Gasteiger charge is 2.07. The van der Waals surface area contributed by atoms with Crippen LogP contribution in [0.25, 0.3) is 11.1 Å². The van der Waals surface area contributed by atoms with Crippen molar-refractivity contribution in [3.8, 4) is 0 Å². The first-order valence-corrected chi connectivity index (χ1v) is 6.73. The van der Waals surface area contributed by atoms with Crippen LogP contribution >= 0.6 is 15.9 Å². The van der Waals surface area contributed by atoms with Crippen molar-refractivity contribution in [3.05, 3.63) is 53.0 Å². The van der Waals surface area contributed by atoms with E-state index in [9.17, 15) is 4.79 Å². The summed E-state index contributed by atoms with van der Waals surface area (Å²) in [5.41, 5.74) is 2.32. The number of nitrogens with one attached hydrogen (secondary N) is 1. The van der Waals surface area contributed by atoms with Gasteiger partial charge in [0.15, 0.2) is 12.0 Å². The summed E-state index contributed by atoms with van der Waals surface area (Å²) < 4.78 is 6.08. The topological polar surface area (TPSA) is 68.0 Å². The number of pyridine rings is 1. The molecule has 0 bridgehead atoms. The second-order valence-electron chi connectivity index (χ2n) is 4.24. The molecule has 0 fully saturated rings. The highest BCUT2D eigenvalue weighted by molar-refractivity contribution is 9.10. The molecule has 0 spiro atoms. The molecule has 0 aliphatic carbocycles. The molecule has 1 N–H and O–H groups in total. The third-order valence-corrected chi connectivity index (χ3v) is 3.24. The predicted octanol–water partition coefficient (Wildman–Crippen LogP) is 3.17. The van der Waals surface area contributed by atoms with E-state index in [-0.39, 0.29) is 12.3 Å². The first kappa shape index (κ1) is 12.8. The zero-order valence-electron chi connectivity index (χ0n) is 10.3. The Balaban J connectivity index is 1.72. The number of hydrogen-bond acceptors (Lipinski definition) is 4. The number of aromatic nitrogens is 2. The number of anilines is 1. The monoisotopic (exact) mass is 331 g/mol. The molecule has 3 rings (SSSR count). The molecule has 2 aromatic heterocycles. The van der Waals surface area contributed by atoms with E-state index in [0.29, 0.717) is 11.4 Å². The number of carbonyl (C=O) groups is 1. The molecule has 100 valence electrons. The van der Waals surface area contributed by atoms with E-state index in [1.165, 1.54) is 6.39 Å². The normalized spacial score (nSPS) is 10.7. The Morgan fingerprint density at radius 3 is 3.00 bits per heavy atom. The second-order valence-corrected chi connectivity index (χ2v) is 5.15. The number of carbonyl (C=O) groups excluding carboxylic acids is 1. The maximum Gasteiger partial charge on any atom is 0.229 e. The van der Waals surface area contributed by atoms with Crippen molar-refractivity contribution >= 4 is 38.8 Å². The lowest BCUT2D eigenvalue weighted by Gasteiger charge is -2.04. The second kappa shape index (κ2) is 5.42. The Kier molecular flexibility index (Phi) is 3.47. The zero-order valence-corrected chi connectivity index (χ0v) is 11.9. The highest BCUT2D eigenvalue weighted by atomic mass is 79.9. The Bertz CT molecular complexity index is 770. The van der Waals surface area contributed by atoms with Crippen LogP contribution in [0.2, 0.25) is 0 Å². The van der Waals surface area contributed by atoms with Crippen LogP contribution in [0.15, 0.2) is 51.8 Å². The maximum absolute atomic E-state index is 12.0. The van der Waals surface area contributed by atoms with Crippen molar-refractivity contribution in [1.82, 2.24) is 9.97 Å². The van der Waals surface area contributed by atoms with Gasteiger partial charge in [0.1, 0.15) is 11.3 Å². The van der Waals surface area contributed by atoms with Gasteiger partial charge in [-0.2, -0.15) is 0 Å². The van der Waals surface area contributed by atoms with E-state index >= 15 is 0 Å².